The van der Waals surface area contributed by atoms with E-state index in [1.165, 1.54) is 5.56 Å². The van der Waals surface area contributed by atoms with Crippen LogP contribution in [0.2, 0.25) is 0 Å². The predicted octanol–water partition coefficient (Wildman–Crippen LogP) is 1.60. The van der Waals surface area contributed by atoms with Crippen molar-refractivity contribution < 1.29 is 14.3 Å². The summed E-state index contributed by atoms with van der Waals surface area (Å²) in [4.78, 5) is 11.7. The first-order valence-corrected chi connectivity index (χ1v) is 5.90. The second-order valence-corrected chi connectivity index (χ2v) is 3.92. The van der Waals surface area contributed by atoms with E-state index in [0.717, 1.165) is 5.69 Å². The van der Waals surface area contributed by atoms with E-state index in [4.69, 9.17) is 9.47 Å². The summed E-state index contributed by atoms with van der Waals surface area (Å²) < 4.78 is 10.2. The van der Waals surface area contributed by atoms with Crippen LogP contribution in [-0.4, -0.2) is 31.8 Å². The molecule has 0 aliphatic carbocycles. The Morgan fingerprint density at radius 2 is 2.24 bits per heavy atom. The minimum Gasteiger partial charge on any atom is -0.462 e. The Balaban J connectivity index is 1.80. The summed E-state index contributed by atoms with van der Waals surface area (Å²) in [7, 11) is 0. The van der Waals surface area contributed by atoms with Gasteiger partial charge in [0.15, 0.2) is 0 Å². The highest BCUT2D eigenvalue weighted by Crippen LogP contribution is 2.25. The summed E-state index contributed by atoms with van der Waals surface area (Å²) in [5.41, 5.74) is 2.19. The van der Waals surface area contributed by atoms with Gasteiger partial charge in [0, 0.05) is 18.7 Å². The van der Waals surface area contributed by atoms with Crippen LogP contribution in [0.15, 0.2) is 24.3 Å². The molecule has 0 spiro atoms. The second kappa shape index (κ2) is 5.68. The van der Waals surface area contributed by atoms with Gasteiger partial charge < -0.3 is 14.8 Å². The first-order valence-electron chi connectivity index (χ1n) is 5.90. The van der Waals surface area contributed by atoms with Crippen molar-refractivity contribution in [1.29, 1.82) is 0 Å². The molecule has 0 aromatic heterocycles. The first-order chi connectivity index (χ1) is 8.31. The van der Waals surface area contributed by atoms with Crippen LogP contribution in [0.4, 0.5) is 5.69 Å². The molecule has 1 aromatic carbocycles. The zero-order valence-corrected chi connectivity index (χ0v) is 9.94. The molecule has 0 bridgehead atoms. The average molecular weight is 235 g/mol. The Hall–Kier alpha value is -1.55. The van der Waals surface area contributed by atoms with E-state index in [9.17, 15) is 4.79 Å². The largest absolute Gasteiger partial charge is 0.462 e. The van der Waals surface area contributed by atoms with Gasteiger partial charge in [-0.25, -0.2) is 4.79 Å². The molecule has 2 rings (SSSR count). The molecule has 4 nitrogen and oxygen atoms in total. The summed E-state index contributed by atoms with van der Waals surface area (Å²) in [5.74, 6) is -0.207. The molecule has 1 aliphatic rings. The fraction of sp³-hybridized carbons (Fsp3) is 0.462. The van der Waals surface area contributed by atoms with Crippen LogP contribution in [0, 0.1) is 0 Å². The lowest BCUT2D eigenvalue weighted by Crippen LogP contribution is -2.30. The zero-order valence-electron chi connectivity index (χ0n) is 9.94. The lowest BCUT2D eigenvalue weighted by Gasteiger charge is -2.10. The number of nitrogens with one attached hydrogen (secondary N) is 1. The van der Waals surface area contributed by atoms with Crippen molar-refractivity contribution in [2.75, 3.05) is 25.1 Å². The summed E-state index contributed by atoms with van der Waals surface area (Å²) in [6.45, 7) is 3.34. The number of carbonyl (C=O) groups excluding carboxylic acids is 1. The summed E-state index contributed by atoms with van der Waals surface area (Å²) in [6, 6.07) is 7.67. The van der Waals surface area contributed by atoms with E-state index in [0.29, 0.717) is 26.2 Å². The van der Waals surface area contributed by atoms with Gasteiger partial charge in [-0.15, -0.1) is 0 Å². The van der Waals surface area contributed by atoms with Crippen molar-refractivity contribution in [1.82, 2.24) is 0 Å². The third-order valence-electron chi connectivity index (χ3n) is 2.73. The van der Waals surface area contributed by atoms with Crippen LogP contribution in [0.1, 0.15) is 12.5 Å². The molecule has 0 saturated carbocycles. The summed E-state index contributed by atoms with van der Waals surface area (Å²) >= 11 is 0. The van der Waals surface area contributed by atoms with E-state index in [1.54, 1.807) is 0 Å². The number of esters is 1. The normalized spacial score (nSPS) is 17.4. The van der Waals surface area contributed by atoms with Gasteiger partial charge in [0.1, 0.15) is 12.6 Å². The Morgan fingerprint density at radius 3 is 3.00 bits per heavy atom. The fourth-order valence-electron chi connectivity index (χ4n) is 1.89. The molecule has 0 radical (unpaired) electrons. The lowest BCUT2D eigenvalue weighted by molar-refractivity contribution is -0.145. The van der Waals surface area contributed by atoms with Gasteiger partial charge in [-0.05, 0) is 18.6 Å². The van der Waals surface area contributed by atoms with Gasteiger partial charge in [-0.1, -0.05) is 18.2 Å². The van der Waals surface area contributed by atoms with Gasteiger partial charge in [0.25, 0.3) is 0 Å². The van der Waals surface area contributed by atoms with Gasteiger partial charge in [0.05, 0.1) is 6.61 Å². The van der Waals surface area contributed by atoms with Crippen LogP contribution in [-0.2, 0) is 20.7 Å². The highest BCUT2D eigenvalue weighted by molar-refractivity contribution is 5.82. The van der Waals surface area contributed by atoms with Crippen molar-refractivity contribution >= 4 is 11.7 Å². The number of rotatable bonds is 5. The van der Waals surface area contributed by atoms with Crippen LogP contribution in [0.3, 0.4) is 0 Å². The van der Waals surface area contributed by atoms with Crippen LogP contribution in [0.25, 0.3) is 0 Å². The smallest absolute Gasteiger partial charge is 0.328 e. The number of para-hydroxylation sites is 1. The molecule has 0 fully saturated rings. The van der Waals surface area contributed by atoms with E-state index in [1.807, 2.05) is 31.2 Å². The number of benzene rings is 1. The van der Waals surface area contributed by atoms with Crippen LogP contribution in [0.5, 0.6) is 0 Å². The standard InChI is InChI=1S/C13H17NO3/c1-2-16-7-8-17-13(15)12-9-10-5-3-4-6-11(10)14-12/h3-6,12,14H,2,7-9H2,1H3/t12-/m0/s1. The highest BCUT2D eigenvalue weighted by Gasteiger charge is 2.27. The number of fused-ring (bicyclic) bond motifs is 1. The third-order valence-corrected chi connectivity index (χ3v) is 2.73. The Morgan fingerprint density at radius 1 is 1.41 bits per heavy atom. The van der Waals surface area contributed by atoms with Crippen molar-refractivity contribution in [2.24, 2.45) is 0 Å². The lowest BCUT2D eigenvalue weighted by atomic mass is 10.1. The Kier molecular flexibility index (Phi) is 3.98. The van der Waals surface area contributed by atoms with E-state index >= 15 is 0 Å². The van der Waals surface area contributed by atoms with Gasteiger partial charge in [0.2, 0.25) is 0 Å². The zero-order chi connectivity index (χ0) is 12.1. The van der Waals surface area contributed by atoms with Crippen molar-refractivity contribution in [2.45, 2.75) is 19.4 Å². The molecule has 0 amide bonds. The predicted molar refractivity (Wildman–Crippen MR) is 65.0 cm³/mol. The summed E-state index contributed by atoms with van der Waals surface area (Å²) in [6.07, 6.45) is 0.698. The highest BCUT2D eigenvalue weighted by atomic mass is 16.6. The maximum atomic E-state index is 11.7. The monoisotopic (exact) mass is 235 g/mol. The molecule has 1 aromatic rings. The Labute approximate surface area is 101 Å². The Bertz CT molecular complexity index is 367. The minimum atomic E-state index is -0.256. The van der Waals surface area contributed by atoms with Gasteiger partial charge >= 0.3 is 5.97 Å². The topological polar surface area (TPSA) is 47.6 Å². The van der Waals surface area contributed by atoms with Crippen molar-refractivity contribution in [3.8, 4) is 0 Å². The SMILES string of the molecule is CCOCCOC(=O)[C@@H]1Cc2ccccc2N1. The summed E-state index contributed by atoms with van der Waals surface area (Å²) in [5, 5.41) is 3.16. The molecule has 4 heteroatoms. The number of hydrogen-bond acceptors (Lipinski definition) is 4. The molecule has 1 heterocycles. The molecule has 17 heavy (non-hydrogen) atoms. The first kappa shape index (κ1) is 11.9. The quantitative estimate of drug-likeness (QED) is 0.622. The molecular weight excluding hydrogens is 218 g/mol. The molecule has 0 saturated heterocycles. The fourth-order valence-corrected chi connectivity index (χ4v) is 1.89. The molecule has 1 aliphatic heterocycles. The number of carbonyl (C=O) groups is 1. The van der Waals surface area contributed by atoms with E-state index < -0.39 is 0 Å². The molecule has 1 N–H and O–H groups in total. The van der Waals surface area contributed by atoms with E-state index in [2.05, 4.69) is 5.32 Å². The van der Waals surface area contributed by atoms with Crippen LogP contribution >= 0.6 is 0 Å². The molecular formula is C13H17NO3. The molecule has 0 unspecified atom stereocenters. The molecule has 1 atom stereocenters. The number of anilines is 1. The maximum absolute atomic E-state index is 11.7. The number of hydrogen-bond donors (Lipinski definition) is 1. The van der Waals surface area contributed by atoms with Gasteiger partial charge in [-0.3, -0.25) is 0 Å². The average Bonchev–Trinajstić information content (AvgIpc) is 2.78. The maximum Gasteiger partial charge on any atom is 0.328 e. The number of ether oxygens (including phenoxy) is 2. The van der Waals surface area contributed by atoms with Gasteiger partial charge in [-0.2, -0.15) is 0 Å². The molecule has 92 valence electrons. The third kappa shape index (κ3) is 2.97. The van der Waals surface area contributed by atoms with E-state index in [-0.39, 0.29) is 12.0 Å². The van der Waals surface area contributed by atoms with Crippen LogP contribution < -0.4 is 5.32 Å². The van der Waals surface area contributed by atoms with Crippen molar-refractivity contribution in [3.63, 3.8) is 0 Å². The van der Waals surface area contributed by atoms with Crippen molar-refractivity contribution in [3.05, 3.63) is 29.8 Å². The second-order valence-electron chi connectivity index (χ2n) is 3.92. The minimum absolute atomic E-state index is 0.207.